The van der Waals surface area contributed by atoms with Gasteiger partial charge in [-0.1, -0.05) is 0 Å². The van der Waals surface area contributed by atoms with Crippen LogP contribution in [0, 0.1) is 17.0 Å². The first-order chi connectivity index (χ1) is 7.74. The van der Waals surface area contributed by atoms with E-state index in [-0.39, 0.29) is 5.69 Å². The molecule has 0 N–H and O–H groups in total. The lowest BCUT2D eigenvalue weighted by molar-refractivity contribution is -0.386. The number of alkyl halides is 4. The fraction of sp³-hybridized carbons (Fsp3) is 0.375. The van der Waals surface area contributed by atoms with Gasteiger partial charge in [0, 0.05) is 0 Å². The van der Waals surface area contributed by atoms with Crippen LogP contribution in [0.3, 0.4) is 0 Å². The molecule has 1 heterocycles. The molecule has 17 heavy (non-hydrogen) atoms. The zero-order valence-electron chi connectivity index (χ0n) is 8.42. The first kappa shape index (κ1) is 13.1. The Balaban J connectivity index is 3.25. The molecule has 0 aliphatic carbocycles. The average Bonchev–Trinajstić information content (AvgIpc) is 2.18. The summed E-state index contributed by atoms with van der Waals surface area (Å²) in [5.41, 5.74) is -1.67. The number of aromatic nitrogens is 1. The number of nitro groups is 1. The Labute approximate surface area is 92.2 Å². The number of hydrogen-bond acceptors (Lipinski definition) is 4. The number of pyridine rings is 1. The molecule has 0 spiro atoms. The number of ether oxygens (including phenoxy) is 1. The van der Waals surface area contributed by atoms with E-state index in [2.05, 4.69) is 9.72 Å². The predicted molar refractivity (Wildman–Crippen MR) is 47.1 cm³/mol. The highest BCUT2D eigenvalue weighted by atomic mass is 19.4. The van der Waals surface area contributed by atoms with Gasteiger partial charge in [0.15, 0.2) is 5.75 Å². The number of rotatable bonds is 3. The lowest BCUT2D eigenvalue weighted by atomic mass is 10.2. The Morgan fingerprint density at radius 1 is 1.53 bits per heavy atom. The molecule has 9 heteroatoms. The minimum absolute atomic E-state index is 0.277. The first-order valence-electron chi connectivity index (χ1n) is 4.21. The molecule has 0 amide bonds. The maximum absolute atomic E-state index is 12.4. The van der Waals surface area contributed by atoms with Crippen LogP contribution in [0.25, 0.3) is 0 Å². The van der Waals surface area contributed by atoms with Gasteiger partial charge in [0.05, 0.1) is 16.7 Å². The first-order valence-corrected chi connectivity index (χ1v) is 4.21. The fourth-order valence-electron chi connectivity index (χ4n) is 1.11. The number of halogens is 4. The van der Waals surface area contributed by atoms with Crippen LogP contribution in [0.2, 0.25) is 0 Å². The van der Waals surface area contributed by atoms with Gasteiger partial charge in [0.1, 0.15) is 12.4 Å². The van der Waals surface area contributed by atoms with E-state index in [1.807, 2.05) is 0 Å². The summed E-state index contributed by atoms with van der Waals surface area (Å²) >= 11 is 0. The Morgan fingerprint density at radius 2 is 2.12 bits per heavy atom. The number of hydrogen-bond donors (Lipinski definition) is 0. The molecule has 0 saturated heterocycles. The van der Waals surface area contributed by atoms with E-state index in [4.69, 9.17) is 0 Å². The topological polar surface area (TPSA) is 65.3 Å². The lowest BCUT2D eigenvalue weighted by Gasteiger charge is -2.11. The second-order valence-corrected chi connectivity index (χ2v) is 2.98. The van der Waals surface area contributed by atoms with E-state index < -0.39 is 35.1 Å². The fourth-order valence-corrected chi connectivity index (χ4v) is 1.11. The summed E-state index contributed by atoms with van der Waals surface area (Å²) in [6, 6.07) is 0.505. The molecule has 0 aliphatic rings. The molecule has 1 rings (SSSR count). The summed E-state index contributed by atoms with van der Waals surface area (Å²) in [5.74, 6) is -0.818. The average molecular weight is 254 g/mol. The van der Waals surface area contributed by atoms with Crippen molar-refractivity contribution < 1.29 is 27.2 Å². The molecule has 0 fully saturated rings. The molecule has 0 bridgehead atoms. The van der Waals surface area contributed by atoms with E-state index in [0.717, 1.165) is 6.92 Å². The van der Waals surface area contributed by atoms with Gasteiger partial charge in [-0.3, -0.25) is 10.1 Å². The molecule has 94 valence electrons. The third kappa shape index (κ3) is 3.26. The number of nitrogens with zero attached hydrogens (tertiary/aromatic N) is 2. The van der Waals surface area contributed by atoms with Crippen LogP contribution in [0.5, 0.6) is 5.75 Å². The van der Waals surface area contributed by atoms with Crippen molar-refractivity contribution in [3.63, 3.8) is 0 Å². The molecule has 5 nitrogen and oxygen atoms in total. The van der Waals surface area contributed by atoms with E-state index >= 15 is 0 Å². The van der Waals surface area contributed by atoms with Crippen LogP contribution in [-0.2, 0) is 6.67 Å². The van der Waals surface area contributed by atoms with Crippen molar-refractivity contribution in [1.29, 1.82) is 0 Å². The molecule has 0 unspecified atom stereocenters. The van der Waals surface area contributed by atoms with Gasteiger partial charge in [-0.15, -0.1) is 13.2 Å². The zero-order chi connectivity index (χ0) is 13.2. The predicted octanol–water partition coefficient (Wildman–Crippen LogP) is 2.67. The third-order valence-corrected chi connectivity index (χ3v) is 1.77. The van der Waals surface area contributed by atoms with E-state index in [1.165, 1.54) is 0 Å². The second-order valence-electron chi connectivity index (χ2n) is 2.98. The normalized spacial score (nSPS) is 11.4. The molecule has 0 aromatic carbocycles. The molecular weight excluding hydrogens is 248 g/mol. The maximum atomic E-state index is 12.4. The number of aryl methyl sites for hydroxylation is 1. The maximum Gasteiger partial charge on any atom is 0.573 e. The SMILES string of the molecule is Cc1nc(CF)c([N+](=O)[O-])cc1OC(F)(F)F. The summed E-state index contributed by atoms with van der Waals surface area (Å²) in [4.78, 5) is 12.8. The van der Waals surface area contributed by atoms with Crippen molar-refractivity contribution in [1.82, 2.24) is 4.98 Å². The van der Waals surface area contributed by atoms with Crippen molar-refractivity contribution in [2.24, 2.45) is 0 Å². The quantitative estimate of drug-likeness (QED) is 0.472. The van der Waals surface area contributed by atoms with E-state index in [1.54, 1.807) is 0 Å². The largest absolute Gasteiger partial charge is 0.573 e. The van der Waals surface area contributed by atoms with Crippen LogP contribution >= 0.6 is 0 Å². The van der Waals surface area contributed by atoms with Gasteiger partial charge in [-0.05, 0) is 6.92 Å². The summed E-state index contributed by atoms with van der Waals surface area (Å²) in [7, 11) is 0. The highest BCUT2D eigenvalue weighted by Gasteiger charge is 2.33. The Kier molecular flexibility index (Phi) is 3.49. The molecule has 0 aliphatic heterocycles. The summed E-state index contributed by atoms with van der Waals surface area (Å²) in [5, 5.41) is 10.5. The second kappa shape index (κ2) is 4.52. The Hall–Kier alpha value is -1.93. The van der Waals surface area contributed by atoms with Crippen LogP contribution in [-0.4, -0.2) is 16.3 Å². The van der Waals surface area contributed by atoms with Crippen LogP contribution in [0.1, 0.15) is 11.4 Å². The van der Waals surface area contributed by atoms with Crippen LogP contribution < -0.4 is 4.74 Å². The minimum Gasteiger partial charge on any atom is -0.404 e. The highest BCUT2D eigenvalue weighted by Crippen LogP contribution is 2.30. The van der Waals surface area contributed by atoms with Crippen molar-refractivity contribution in [2.45, 2.75) is 20.0 Å². The zero-order valence-corrected chi connectivity index (χ0v) is 8.42. The monoisotopic (exact) mass is 254 g/mol. The molecular formula is C8H6F4N2O3. The Bertz CT molecular complexity index is 447. The highest BCUT2D eigenvalue weighted by molar-refractivity contribution is 5.44. The molecule has 0 radical (unpaired) electrons. The molecule has 1 aromatic heterocycles. The molecule has 0 saturated carbocycles. The smallest absolute Gasteiger partial charge is 0.404 e. The van der Waals surface area contributed by atoms with E-state index in [9.17, 15) is 27.7 Å². The van der Waals surface area contributed by atoms with Gasteiger partial charge in [-0.25, -0.2) is 9.37 Å². The minimum atomic E-state index is -4.99. The van der Waals surface area contributed by atoms with E-state index in [0.29, 0.717) is 6.07 Å². The van der Waals surface area contributed by atoms with Gasteiger partial charge in [0.25, 0.3) is 5.69 Å². The standard InChI is InChI=1S/C8H6F4N2O3/c1-4-7(17-8(10,11)12)2-6(14(15)16)5(3-9)13-4/h2H,3H2,1H3. The van der Waals surface area contributed by atoms with Gasteiger partial charge in [0.2, 0.25) is 0 Å². The van der Waals surface area contributed by atoms with Crippen molar-refractivity contribution >= 4 is 5.69 Å². The van der Waals surface area contributed by atoms with Crippen molar-refractivity contribution in [2.75, 3.05) is 0 Å². The van der Waals surface area contributed by atoms with Crippen molar-refractivity contribution in [3.8, 4) is 5.75 Å². The lowest BCUT2D eigenvalue weighted by Crippen LogP contribution is -2.18. The van der Waals surface area contributed by atoms with Gasteiger partial charge < -0.3 is 4.74 Å². The van der Waals surface area contributed by atoms with Gasteiger partial charge in [-0.2, -0.15) is 0 Å². The Morgan fingerprint density at radius 3 is 2.53 bits per heavy atom. The third-order valence-electron chi connectivity index (χ3n) is 1.77. The van der Waals surface area contributed by atoms with Crippen LogP contribution in [0.15, 0.2) is 6.07 Å². The van der Waals surface area contributed by atoms with Crippen LogP contribution in [0.4, 0.5) is 23.2 Å². The molecule has 0 atom stereocenters. The van der Waals surface area contributed by atoms with Crippen molar-refractivity contribution in [3.05, 3.63) is 27.6 Å². The molecule has 1 aromatic rings. The summed E-state index contributed by atoms with van der Waals surface area (Å²) < 4.78 is 51.7. The summed E-state index contributed by atoms with van der Waals surface area (Å²) in [6.45, 7) is -0.118. The summed E-state index contributed by atoms with van der Waals surface area (Å²) in [6.07, 6.45) is -4.99. The van der Waals surface area contributed by atoms with Gasteiger partial charge >= 0.3 is 6.36 Å².